The molecule has 23 heavy (non-hydrogen) atoms. The van der Waals surface area contributed by atoms with E-state index in [0.717, 1.165) is 18.6 Å². The van der Waals surface area contributed by atoms with Crippen molar-refractivity contribution in [2.45, 2.75) is 4.90 Å². The Balaban J connectivity index is 0.00000192. The van der Waals surface area contributed by atoms with Crippen LogP contribution >= 0.6 is 11.8 Å². The van der Waals surface area contributed by atoms with Crippen LogP contribution in [0.5, 0.6) is 0 Å². The standard InChI is InChI=1S/C17H19BNO2S.Li/c1-2-6-15(7-3-1)14-22-17-9-5-4-8-16(17)18-20-12-10-19-11-13-21-18;/h1-9,14,19H,10-13H2;/q-1;+1. The normalized spacial score (nSPS) is 15.2. The minimum atomic E-state index is -0.282. The Morgan fingerprint density at radius 3 is 2.30 bits per heavy atom. The summed E-state index contributed by atoms with van der Waals surface area (Å²) >= 11 is 1.71. The predicted molar refractivity (Wildman–Crippen MR) is 92.3 cm³/mol. The topological polar surface area (TPSA) is 30.5 Å². The summed E-state index contributed by atoms with van der Waals surface area (Å²) in [5.41, 5.74) is 2.30. The monoisotopic (exact) mass is 319 g/mol. The Labute approximate surface area is 154 Å². The van der Waals surface area contributed by atoms with Gasteiger partial charge < -0.3 is 14.6 Å². The van der Waals surface area contributed by atoms with Crippen LogP contribution in [0, 0.1) is 5.75 Å². The van der Waals surface area contributed by atoms with Crippen LogP contribution in [0.3, 0.4) is 0 Å². The zero-order valence-corrected chi connectivity index (χ0v) is 14.2. The van der Waals surface area contributed by atoms with Crippen molar-refractivity contribution >= 4 is 24.3 Å². The Morgan fingerprint density at radius 2 is 1.57 bits per heavy atom. The molecule has 3 nitrogen and oxygen atoms in total. The molecule has 0 aliphatic carbocycles. The summed E-state index contributed by atoms with van der Waals surface area (Å²) in [6, 6.07) is 18.6. The van der Waals surface area contributed by atoms with Gasteiger partial charge in [0, 0.05) is 26.3 Å². The molecule has 2 aromatic carbocycles. The van der Waals surface area contributed by atoms with E-state index in [9.17, 15) is 0 Å². The number of nitrogens with one attached hydrogen (secondary N) is 1. The average Bonchev–Trinajstić information content (AvgIpc) is 2.54. The smallest absolute Gasteiger partial charge is 0.406 e. The number of rotatable bonds is 4. The Hall–Kier alpha value is -0.798. The zero-order valence-electron chi connectivity index (χ0n) is 13.4. The molecule has 3 rings (SSSR count). The van der Waals surface area contributed by atoms with E-state index in [1.807, 2.05) is 24.3 Å². The van der Waals surface area contributed by atoms with Crippen LogP contribution in [0.2, 0.25) is 0 Å². The molecule has 0 atom stereocenters. The van der Waals surface area contributed by atoms with Crippen molar-refractivity contribution < 1.29 is 28.2 Å². The van der Waals surface area contributed by atoms with Crippen molar-refractivity contribution in [3.63, 3.8) is 0 Å². The molecule has 2 aromatic rings. The summed E-state index contributed by atoms with van der Waals surface area (Å²) in [7, 11) is -0.282. The van der Waals surface area contributed by atoms with Crippen molar-refractivity contribution in [2.75, 3.05) is 26.3 Å². The van der Waals surface area contributed by atoms with Crippen LogP contribution in [0.15, 0.2) is 59.5 Å². The third-order valence-electron chi connectivity index (χ3n) is 3.39. The zero-order chi connectivity index (χ0) is 15.0. The molecule has 1 aliphatic heterocycles. The van der Waals surface area contributed by atoms with E-state index in [1.54, 1.807) is 11.8 Å². The predicted octanol–water partition coefficient (Wildman–Crippen LogP) is -0.676. The number of hydrogen-bond acceptors (Lipinski definition) is 4. The van der Waals surface area contributed by atoms with Crippen LogP contribution in [0.1, 0.15) is 5.56 Å². The van der Waals surface area contributed by atoms with E-state index in [4.69, 9.17) is 9.31 Å². The fourth-order valence-electron chi connectivity index (χ4n) is 2.27. The molecule has 6 heteroatoms. The summed E-state index contributed by atoms with van der Waals surface area (Å²) in [6.07, 6.45) is 0. The maximum Gasteiger partial charge on any atom is 1.00 e. The number of hydrogen-bond donors (Lipinski definition) is 1. The molecule has 1 aliphatic rings. The van der Waals surface area contributed by atoms with Gasteiger partial charge in [-0.1, -0.05) is 24.3 Å². The fourth-order valence-corrected chi connectivity index (χ4v) is 3.15. The van der Waals surface area contributed by atoms with Crippen molar-refractivity contribution in [1.82, 2.24) is 5.32 Å². The minimum absolute atomic E-state index is 0. The third kappa shape index (κ3) is 5.65. The molecule has 1 N–H and O–H groups in total. The van der Waals surface area contributed by atoms with E-state index in [0.29, 0.717) is 13.2 Å². The van der Waals surface area contributed by atoms with Gasteiger partial charge in [-0.25, -0.2) is 0 Å². The second-order valence-electron chi connectivity index (χ2n) is 5.01. The van der Waals surface area contributed by atoms with Gasteiger partial charge in [0.25, 0.3) is 0 Å². The first kappa shape index (κ1) is 18.5. The van der Waals surface area contributed by atoms with Crippen LogP contribution < -0.4 is 29.6 Å². The van der Waals surface area contributed by atoms with Gasteiger partial charge in [-0.15, -0.1) is 17.9 Å². The van der Waals surface area contributed by atoms with Crippen LogP contribution in [0.4, 0.5) is 0 Å². The average molecular weight is 319 g/mol. The molecule has 114 valence electrons. The largest absolute Gasteiger partial charge is 1.00 e. The molecular weight excluding hydrogens is 300 g/mol. The fraction of sp³-hybridized carbons (Fsp3) is 0.235. The summed E-state index contributed by atoms with van der Waals surface area (Å²) in [6.45, 7) is 3.05. The Morgan fingerprint density at radius 1 is 0.913 bits per heavy atom. The second kappa shape index (κ2) is 10.1. The van der Waals surface area contributed by atoms with Gasteiger partial charge in [0.1, 0.15) is 0 Å². The third-order valence-corrected chi connectivity index (χ3v) is 4.41. The SMILES string of the molecule is [Li+].c1ccc([CH-]Sc2ccccc2B2OCCNCCO2)cc1. The first-order chi connectivity index (χ1) is 10.9. The van der Waals surface area contributed by atoms with E-state index >= 15 is 0 Å². The van der Waals surface area contributed by atoms with Crippen molar-refractivity contribution in [3.8, 4) is 0 Å². The van der Waals surface area contributed by atoms with E-state index < -0.39 is 0 Å². The van der Waals surface area contributed by atoms with E-state index in [1.165, 1.54) is 10.5 Å². The summed E-state index contributed by atoms with van der Waals surface area (Å²) in [4.78, 5) is 1.17. The number of benzene rings is 2. The van der Waals surface area contributed by atoms with Gasteiger partial charge in [0.15, 0.2) is 0 Å². The van der Waals surface area contributed by atoms with Crippen molar-refractivity contribution in [1.29, 1.82) is 0 Å². The maximum atomic E-state index is 5.85. The van der Waals surface area contributed by atoms with E-state index in [-0.39, 0.29) is 26.0 Å². The molecule has 1 fully saturated rings. The maximum absolute atomic E-state index is 5.85. The second-order valence-corrected chi connectivity index (χ2v) is 5.92. The first-order valence-corrected chi connectivity index (χ1v) is 8.39. The number of thioether (sulfide) groups is 1. The van der Waals surface area contributed by atoms with Crippen molar-refractivity contribution in [3.05, 3.63) is 65.9 Å². The van der Waals surface area contributed by atoms with Gasteiger partial charge >= 0.3 is 26.0 Å². The van der Waals surface area contributed by atoms with Gasteiger partial charge in [-0.05, 0) is 16.4 Å². The molecule has 0 aromatic heterocycles. The van der Waals surface area contributed by atoms with Crippen LogP contribution in [-0.2, 0) is 9.31 Å². The summed E-state index contributed by atoms with van der Waals surface area (Å²) in [5, 5.41) is 3.26. The van der Waals surface area contributed by atoms with Crippen molar-refractivity contribution in [2.24, 2.45) is 0 Å². The van der Waals surface area contributed by atoms with Crippen LogP contribution in [-0.4, -0.2) is 33.4 Å². The van der Waals surface area contributed by atoms with E-state index in [2.05, 4.69) is 41.4 Å². The van der Waals surface area contributed by atoms with Gasteiger partial charge in [-0.3, -0.25) is 0 Å². The minimum Gasteiger partial charge on any atom is -0.406 e. The first-order valence-electron chi connectivity index (χ1n) is 7.51. The Kier molecular flexibility index (Phi) is 8.18. The van der Waals surface area contributed by atoms with Gasteiger partial charge in [-0.2, -0.15) is 29.5 Å². The molecule has 0 radical (unpaired) electrons. The molecule has 0 amide bonds. The molecular formula is C17H19BLiNO2S. The van der Waals surface area contributed by atoms with Gasteiger partial charge in [0.2, 0.25) is 0 Å². The summed E-state index contributed by atoms with van der Waals surface area (Å²) < 4.78 is 11.7. The van der Waals surface area contributed by atoms with Crippen LogP contribution in [0.25, 0.3) is 0 Å². The molecule has 0 unspecified atom stereocenters. The Bertz CT molecular complexity index is 580. The molecule has 0 saturated carbocycles. The quantitative estimate of drug-likeness (QED) is 0.460. The molecule has 1 heterocycles. The molecule has 0 spiro atoms. The van der Waals surface area contributed by atoms with Gasteiger partial charge in [0.05, 0.1) is 0 Å². The molecule has 1 saturated heterocycles. The molecule has 0 bridgehead atoms. The summed E-state index contributed by atoms with van der Waals surface area (Å²) in [5.74, 6) is 2.16.